The molecule has 0 unspecified atom stereocenters. The molecule has 1 rings (SSSR count). The second-order valence-electron chi connectivity index (χ2n) is 3.23. The first-order valence-electron chi connectivity index (χ1n) is 4.68. The molecule has 0 atom stereocenters. The molecule has 4 N–H and O–H groups in total. The van der Waals surface area contributed by atoms with Crippen molar-refractivity contribution in [3.05, 3.63) is 39.5 Å². The number of hydrogen-bond donors (Lipinski definition) is 3. The Kier molecular flexibility index (Phi) is 4.50. The van der Waals surface area contributed by atoms with Crippen LogP contribution in [0.3, 0.4) is 0 Å². The summed E-state index contributed by atoms with van der Waals surface area (Å²) >= 11 is 1.82. The fourth-order valence-corrected chi connectivity index (χ4v) is 2.01. The quantitative estimate of drug-likeness (QED) is 0.438. The van der Waals surface area contributed by atoms with E-state index < -0.39 is 5.97 Å². The lowest BCUT2D eigenvalue weighted by molar-refractivity contribution is 0.0696. The normalized spacial score (nSPS) is 9.71. The highest BCUT2D eigenvalue weighted by atomic mass is 127. The van der Waals surface area contributed by atoms with Gasteiger partial charge in [-0.1, -0.05) is 6.08 Å². The number of rotatable bonds is 4. The van der Waals surface area contributed by atoms with Crippen molar-refractivity contribution in [3.8, 4) is 0 Å². The van der Waals surface area contributed by atoms with Crippen molar-refractivity contribution in [2.24, 2.45) is 0 Å². The summed E-state index contributed by atoms with van der Waals surface area (Å²) in [6.45, 7) is 3.79. The standard InChI is InChI=1S/C11H11IN2O3/c1-2-3-14-10(15)7-4-6(13)5-8(9(7)12)11(16)17/h2,4-5H,1,3,13H2,(H,14,15)(H,16,17). The Balaban J connectivity index is 3.19. The van der Waals surface area contributed by atoms with E-state index in [1.54, 1.807) is 0 Å². The molecule has 5 nitrogen and oxygen atoms in total. The average molecular weight is 346 g/mol. The molecule has 0 saturated heterocycles. The maximum Gasteiger partial charge on any atom is 0.336 e. The number of benzene rings is 1. The van der Waals surface area contributed by atoms with Crippen molar-refractivity contribution in [2.45, 2.75) is 0 Å². The molecule has 0 spiro atoms. The van der Waals surface area contributed by atoms with Gasteiger partial charge in [0.25, 0.3) is 5.91 Å². The maximum atomic E-state index is 11.7. The molecule has 0 heterocycles. The van der Waals surface area contributed by atoms with E-state index in [1.165, 1.54) is 18.2 Å². The summed E-state index contributed by atoms with van der Waals surface area (Å²) in [5.74, 6) is -1.48. The average Bonchev–Trinajstić information content (AvgIpc) is 2.28. The van der Waals surface area contributed by atoms with Crippen LogP contribution in [0.15, 0.2) is 24.8 Å². The molecular formula is C11H11IN2O3. The molecule has 1 amide bonds. The first kappa shape index (κ1) is 13.5. The highest BCUT2D eigenvalue weighted by molar-refractivity contribution is 14.1. The van der Waals surface area contributed by atoms with Crippen LogP contribution in [0.25, 0.3) is 0 Å². The second-order valence-corrected chi connectivity index (χ2v) is 4.31. The molecule has 0 aliphatic carbocycles. The zero-order valence-corrected chi connectivity index (χ0v) is 11.0. The van der Waals surface area contributed by atoms with E-state index >= 15 is 0 Å². The summed E-state index contributed by atoms with van der Waals surface area (Å²) in [7, 11) is 0. The fourth-order valence-electron chi connectivity index (χ4n) is 1.23. The first-order chi connectivity index (χ1) is 7.97. The molecule has 0 radical (unpaired) electrons. The van der Waals surface area contributed by atoms with Gasteiger partial charge in [-0.15, -0.1) is 6.58 Å². The summed E-state index contributed by atoms with van der Waals surface area (Å²) < 4.78 is 0.367. The molecule has 0 aliphatic heterocycles. The van der Waals surface area contributed by atoms with Crippen LogP contribution < -0.4 is 11.1 Å². The summed E-state index contributed by atoms with van der Waals surface area (Å²) in [5.41, 5.74) is 6.08. The monoisotopic (exact) mass is 346 g/mol. The van der Waals surface area contributed by atoms with Crippen LogP contribution in [-0.4, -0.2) is 23.5 Å². The predicted molar refractivity (Wildman–Crippen MR) is 73.1 cm³/mol. The van der Waals surface area contributed by atoms with E-state index in [0.29, 0.717) is 10.1 Å². The molecule has 0 aliphatic rings. The topological polar surface area (TPSA) is 92.4 Å². The largest absolute Gasteiger partial charge is 0.478 e. The van der Waals surface area contributed by atoms with Gasteiger partial charge >= 0.3 is 5.97 Å². The van der Waals surface area contributed by atoms with Gasteiger partial charge in [0.2, 0.25) is 0 Å². The Morgan fingerprint density at radius 3 is 2.59 bits per heavy atom. The number of carbonyl (C=O) groups is 2. The van der Waals surface area contributed by atoms with Gasteiger partial charge in [-0.25, -0.2) is 4.79 Å². The van der Waals surface area contributed by atoms with Crippen LogP contribution in [0, 0.1) is 3.57 Å². The molecule has 90 valence electrons. The van der Waals surface area contributed by atoms with Gasteiger partial charge < -0.3 is 16.2 Å². The highest BCUT2D eigenvalue weighted by Crippen LogP contribution is 2.21. The van der Waals surface area contributed by atoms with E-state index in [-0.39, 0.29) is 22.7 Å². The summed E-state index contributed by atoms with van der Waals surface area (Å²) in [5, 5.41) is 11.5. The third-order valence-electron chi connectivity index (χ3n) is 1.98. The zero-order valence-electron chi connectivity index (χ0n) is 8.87. The number of nitrogen functional groups attached to an aromatic ring is 1. The number of amides is 1. The second kappa shape index (κ2) is 5.67. The number of aromatic carboxylic acids is 1. The third kappa shape index (κ3) is 3.19. The van der Waals surface area contributed by atoms with Crippen LogP contribution in [-0.2, 0) is 0 Å². The van der Waals surface area contributed by atoms with Crippen LogP contribution in [0.5, 0.6) is 0 Å². The number of carbonyl (C=O) groups excluding carboxylic acids is 1. The van der Waals surface area contributed by atoms with Crippen LogP contribution in [0.4, 0.5) is 5.69 Å². The molecule has 17 heavy (non-hydrogen) atoms. The Bertz CT molecular complexity index is 486. The fraction of sp³-hybridized carbons (Fsp3) is 0.0909. The zero-order chi connectivity index (χ0) is 13.0. The summed E-state index contributed by atoms with van der Waals surface area (Å²) in [6, 6.07) is 2.78. The minimum Gasteiger partial charge on any atom is -0.478 e. The van der Waals surface area contributed by atoms with Gasteiger partial charge in [-0.3, -0.25) is 4.79 Å². The van der Waals surface area contributed by atoms with Crippen LogP contribution in [0.2, 0.25) is 0 Å². The number of nitrogens with one attached hydrogen (secondary N) is 1. The van der Waals surface area contributed by atoms with Crippen molar-refractivity contribution in [1.82, 2.24) is 5.32 Å². The Labute approximate surface area is 112 Å². The Hall–Kier alpha value is -1.57. The van der Waals surface area contributed by atoms with Crippen molar-refractivity contribution < 1.29 is 14.7 Å². The van der Waals surface area contributed by atoms with Crippen molar-refractivity contribution in [1.29, 1.82) is 0 Å². The molecule has 6 heteroatoms. The number of nitrogens with two attached hydrogens (primary N) is 1. The smallest absolute Gasteiger partial charge is 0.336 e. The molecule has 1 aromatic carbocycles. The number of anilines is 1. The number of carboxylic acid groups (broad SMARTS) is 1. The number of halogens is 1. The maximum absolute atomic E-state index is 11.7. The lowest BCUT2D eigenvalue weighted by Crippen LogP contribution is -2.25. The predicted octanol–water partition coefficient (Wildman–Crippen LogP) is 1.49. The van der Waals surface area contributed by atoms with Gasteiger partial charge in [0.1, 0.15) is 0 Å². The van der Waals surface area contributed by atoms with E-state index in [4.69, 9.17) is 10.8 Å². The number of carboxylic acids is 1. The number of hydrogen-bond acceptors (Lipinski definition) is 3. The van der Waals surface area contributed by atoms with Crippen LogP contribution in [0.1, 0.15) is 20.7 Å². The Morgan fingerprint density at radius 2 is 2.06 bits per heavy atom. The molecular weight excluding hydrogens is 335 g/mol. The van der Waals surface area contributed by atoms with Gasteiger partial charge in [-0.2, -0.15) is 0 Å². The Morgan fingerprint density at radius 1 is 1.47 bits per heavy atom. The molecule has 0 bridgehead atoms. The van der Waals surface area contributed by atoms with E-state index in [0.717, 1.165) is 0 Å². The molecule has 0 fully saturated rings. The van der Waals surface area contributed by atoms with E-state index in [1.807, 2.05) is 22.6 Å². The highest BCUT2D eigenvalue weighted by Gasteiger charge is 2.17. The van der Waals surface area contributed by atoms with Gasteiger partial charge in [0.15, 0.2) is 0 Å². The molecule has 1 aromatic rings. The third-order valence-corrected chi connectivity index (χ3v) is 3.14. The molecule has 0 saturated carbocycles. The minimum absolute atomic E-state index is 0.0225. The van der Waals surface area contributed by atoms with E-state index in [9.17, 15) is 9.59 Å². The van der Waals surface area contributed by atoms with Gasteiger partial charge in [0, 0.05) is 15.8 Å². The van der Waals surface area contributed by atoms with Gasteiger partial charge in [0.05, 0.1) is 11.1 Å². The SMILES string of the molecule is C=CCNC(=O)c1cc(N)cc(C(=O)O)c1I. The summed E-state index contributed by atoms with van der Waals surface area (Å²) in [6.07, 6.45) is 1.54. The van der Waals surface area contributed by atoms with Crippen molar-refractivity contribution in [3.63, 3.8) is 0 Å². The molecule has 0 aromatic heterocycles. The summed E-state index contributed by atoms with van der Waals surface area (Å²) in [4.78, 5) is 22.7. The minimum atomic E-state index is -1.11. The van der Waals surface area contributed by atoms with Crippen molar-refractivity contribution >= 4 is 40.2 Å². The van der Waals surface area contributed by atoms with Crippen LogP contribution >= 0.6 is 22.6 Å². The lowest BCUT2D eigenvalue weighted by atomic mass is 10.1. The first-order valence-corrected chi connectivity index (χ1v) is 5.76. The van der Waals surface area contributed by atoms with Gasteiger partial charge in [-0.05, 0) is 34.7 Å². The van der Waals surface area contributed by atoms with Crippen molar-refractivity contribution in [2.75, 3.05) is 12.3 Å². The lowest BCUT2D eigenvalue weighted by Gasteiger charge is -2.08. The van der Waals surface area contributed by atoms with E-state index in [2.05, 4.69) is 11.9 Å².